The normalized spacial score (nSPS) is 11.5. The van der Waals surface area contributed by atoms with Gasteiger partial charge < -0.3 is 0 Å². The van der Waals surface area contributed by atoms with Crippen LogP contribution >= 0.6 is 11.3 Å². The fourth-order valence-corrected chi connectivity index (χ4v) is 4.10. The van der Waals surface area contributed by atoms with E-state index in [1.165, 1.54) is 11.3 Å². The minimum absolute atomic E-state index is 0.220. The number of sulfonamides is 1. The molecule has 1 N–H and O–H groups in total. The molecule has 0 fully saturated rings. The van der Waals surface area contributed by atoms with Gasteiger partial charge in [-0.1, -0.05) is 12.1 Å². The number of benzene rings is 2. The first kappa shape index (κ1) is 17.5. The number of aryl methyl sites for hydroxylation is 1. The maximum atomic E-state index is 13.6. The second kappa shape index (κ2) is 6.89. The summed E-state index contributed by atoms with van der Waals surface area (Å²) in [5.41, 5.74) is 1.80. The van der Waals surface area contributed by atoms with Gasteiger partial charge in [0.1, 0.15) is 11.6 Å². The minimum Gasteiger partial charge on any atom is -0.283 e. The van der Waals surface area contributed by atoms with Crippen molar-refractivity contribution in [3.05, 3.63) is 70.1 Å². The number of thiazole rings is 1. The van der Waals surface area contributed by atoms with Gasteiger partial charge in [0, 0.05) is 22.2 Å². The Hall–Kier alpha value is -2.32. The fourth-order valence-electron chi connectivity index (χ4n) is 2.28. The van der Waals surface area contributed by atoms with Crippen LogP contribution in [0.2, 0.25) is 0 Å². The van der Waals surface area contributed by atoms with Crippen LogP contribution < -0.4 is 4.72 Å². The largest absolute Gasteiger partial charge is 0.283 e. The lowest BCUT2D eigenvalue weighted by Crippen LogP contribution is -2.16. The molecule has 0 radical (unpaired) electrons. The summed E-state index contributed by atoms with van der Waals surface area (Å²) in [7, 11) is -3.87. The molecule has 130 valence electrons. The van der Waals surface area contributed by atoms with Crippen molar-refractivity contribution >= 4 is 27.0 Å². The number of anilines is 1. The van der Waals surface area contributed by atoms with Crippen molar-refractivity contribution in [3.63, 3.8) is 0 Å². The Bertz CT molecular complexity index is 1000. The van der Waals surface area contributed by atoms with Crippen molar-refractivity contribution < 1.29 is 17.2 Å². The van der Waals surface area contributed by atoms with E-state index >= 15 is 0 Å². The predicted octanol–water partition coefficient (Wildman–Crippen LogP) is 4.34. The molecule has 0 saturated carbocycles. The quantitative estimate of drug-likeness (QED) is 0.716. The van der Waals surface area contributed by atoms with E-state index in [9.17, 15) is 17.2 Å². The summed E-state index contributed by atoms with van der Waals surface area (Å²) in [6, 6.07) is 9.42. The van der Waals surface area contributed by atoms with Gasteiger partial charge in [0.05, 0.1) is 16.5 Å². The van der Waals surface area contributed by atoms with Crippen LogP contribution in [0.25, 0.3) is 11.3 Å². The van der Waals surface area contributed by atoms with Crippen LogP contribution in [-0.4, -0.2) is 13.4 Å². The van der Waals surface area contributed by atoms with E-state index in [2.05, 4.69) is 9.71 Å². The van der Waals surface area contributed by atoms with E-state index in [1.807, 2.05) is 12.3 Å². The molecule has 0 saturated heterocycles. The third-order valence-corrected chi connectivity index (χ3v) is 5.44. The molecule has 0 aliphatic carbocycles. The first-order chi connectivity index (χ1) is 11.8. The molecule has 3 rings (SSSR count). The highest BCUT2D eigenvalue weighted by molar-refractivity contribution is 7.91. The maximum Gasteiger partial charge on any atom is 0.237 e. The lowest BCUT2D eigenvalue weighted by Gasteiger charge is -2.09. The molecule has 0 atom stereocenters. The summed E-state index contributed by atoms with van der Waals surface area (Å²) in [4.78, 5) is 4.36. The first-order valence-electron chi connectivity index (χ1n) is 7.29. The molecule has 3 aromatic rings. The minimum atomic E-state index is -3.87. The Balaban J connectivity index is 1.75. The predicted molar refractivity (Wildman–Crippen MR) is 94.9 cm³/mol. The van der Waals surface area contributed by atoms with Crippen LogP contribution in [-0.2, 0) is 15.8 Å². The maximum absolute atomic E-state index is 13.6. The molecule has 0 aliphatic rings. The van der Waals surface area contributed by atoms with E-state index in [1.54, 1.807) is 24.3 Å². The zero-order valence-electron chi connectivity index (χ0n) is 13.2. The molecule has 2 aromatic carbocycles. The van der Waals surface area contributed by atoms with Gasteiger partial charge >= 0.3 is 0 Å². The van der Waals surface area contributed by atoms with E-state index in [-0.39, 0.29) is 5.56 Å². The summed E-state index contributed by atoms with van der Waals surface area (Å²) in [6.45, 7) is 1.90. The highest BCUT2D eigenvalue weighted by atomic mass is 32.2. The Kier molecular flexibility index (Phi) is 4.82. The Morgan fingerprint density at radius 2 is 1.84 bits per heavy atom. The molecule has 1 heterocycles. The van der Waals surface area contributed by atoms with Gasteiger partial charge in [-0.05, 0) is 37.3 Å². The van der Waals surface area contributed by atoms with Crippen LogP contribution in [0, 0.1) is 18.6 Å². The van der Waals surface area contributed by atoms with Crippen molar-refractivity contribution in [3.8, 4) is 11.3 Å². The second-order valence-electron chi connectivity index (χ2n) is 5.43. The van der Waals surface area contributed by atoms with Crippen LogP contribution in [0.4, 0.5) is 14.5 Å². The SMILES string of the molecule is Cc1nc(-c2ccc(NS(=O)(=O)Cc3cc(F)ccc3F)cc2)cs1. The highest BCUT2D eigenvalue weighted by Crippen LogP contribution is 2.24. The molecular formula is C17H14F2N2O2S2. The van der Waals surface area contributed by atoms with Crippen molar-refractivity contribution in [1.82, 2.24) is 4.98 Å². The summed E-state index contributed by atoms with van der Waals surface area (Å²) < 4.78 is 53.5. The Morgan fingerprint density at radius 1 is 1.12 bits per heavy atom. The summed E-state index contributed by atoms with van der Waals surface area (Å²) in [5.74, 6) is -2.10. The van der Waals surface area contributed by atoms with Gasteiger partial charge in [0.2, 0.25) is 10.0 Å². The number of halogens is 2. The smallest absolute Gasteiger partial charge is 0.237 e. The summed E-state index contributed by atoms with van der Waals surface area (Å²) in [6.07, 6.45) is 0. The lowest BCUT2D eigenvalue weighted by atomic mass is 10.1. The zero-order chi connectivity index (χ0) is 18.0. The zero-order valence-corrected chi connectivity index (χ0v) is 14.8. The third-order valence-electron chi connectivity index (χ3n) is 3.43. The standard InChI is InChI=1S/C17H14F2N2O2S2/c1-11-20-17(9-24-11)12-2-5-15(6-3-12)21-25(22,23)10-13-8-14(18)4-7-16(13)19/h2-9,21H,10H2,1H3. The monoisotopic (exact) mass is 380 g/mol. The lowest BCUT2D eigenvalue weighted by molar-refractivity contribution is 0.581. The third kappa shape index (κ3) is 4.40. The van der Waals surface area contributed by atoms with E-state index in [0.717, 1.165) is 34.5 Å². The molecule has 0 bridgehead atoms. The average molecular weight is 380 g/mol. The van der Waals surface area contributed by atoms with Gasteiger partial charge in [0.15, 0.2) is 0 Å². The molecule has 0 unspecified atom stereocenters. The van der Waals surface area contributed by atoms with Crippen LogP contribution in [0.15, 0.2) is 47.8 Å². The van der Waals surface area contributed by atoms with E-state index < -0.39 is 27.4 Å². The number of nitrogens with one attached hydrogen (secondary N) is 1. The van der Waals surface area contributed by atoms with E-state index in [0.29, 0.717) is 5.69 Å². The summed E-state index contributed by atoms with van der Waals surface area (Å²) in [5, 5.41) is 2.86. The van der Waals surface area contributed by atoms with Gasteiger partial charge in [-0.25, -0.2) is 22.2 Å². The van der Waals surface area contributed by atoms with E-state index in [4.69, 9.17) is 0 Å². The average Bonchev–Trinajstić information content (AvgIpc) is 2.97. The first-order valence-corrected chi connectivity index (χ1v) is 9.82. The highest BCUT2D eigenvalue weighted by Gasteiger charge is 2.16. The number of hydrogen-bond donors (Lipinski definition) is 1. The van der Waals surface area contributed by atoms with Gasteiger partial charge in [-0.2, -0.15) is 0 Å². The number of rotatable bonds is 5. The molecular weight excluding hydrogens is 366 g/mol. The van der Waals surface area contributed by atoms with Gasteiger partial charge in [0.25, 0.3) is 0 Å². The molecule has 0 aliphatic heterocycles. The van der Waals surface area contributed by atoms with Crippen LogP contribution in [0.5, 0.6) is 0 Å². The number of aromatic nitrogens is 1. The molecule has 4 nitrogen and oxygen atoms in total. The van der Waals surface area contributed by atoms with Crippen molar-refractivity contribution in [2.75, 3.05) is 4.72 Å². The second-order valence-corrected chi connectivity index (χ2v) is 8.21. The van der Waals surface area contributed by atoms with Crippen LogP contribution in [0.1, 0.15) is 10.6 Å². The number of hydrogen-bond acceptors (Lipinski definition) is 4. The topological polar surface area (TPSA) is 59.1 Å². The molecule has 25 heavy (non-hydrogen) atoms. The Labute approximate surface area is 148 Å². The summed E-state index contributed by atoms with van der Waals surface area (Å²) >= 11 is 1.53. The van der Waals surface area contributed by atoms with Crippen molar-refractivity contribution in [2.24, 2.45) is 0 Å². The van der Waals surface area contributed by atoms with Gasteiger partial charge in [-0.3, -0.25) is 4.72 Å². The fraction of sp³-hybridized carbons (Fsp3) is 0.118. The van der Waals surface area contributed by atoms with Crippen molar-refractivity contribution in [1.29, 1.82) is 0 Å². The molecule has 1 aromatic heterocycles. The van der Waals surface area contributed by atoms with Gasteiger partial charge in [-0.15, -0.1) is 11.3 Å². The van der Waals surface area contributed by atoms with Crippen molar-refractivity contribution in [2.45, 2.75) is 12.7 Å². The Morgan fingerprint density at radius 3 is 2.48 bits per heavy atom. The number of nitrogens with zero attached hydrogens (tertiary/aromatic N) is 1. The molecule has 8 heteroatoms. The molecule has 0 amide bonds. The van der Waals surface area contributed by atoms with Crippen LogP contribution in [0.3, 0.4) is 0 Å². The molecule has 0 spiro atoms.